The number of aromatic nitrogens is 5. The summed E-state index contributed by atoms with van der Waals surface area (Å²) in [6.45, 7) is 0.660. The number of amides is 2. The molecule has 178 valence electrons. The van der Waals surface area contributed by atoms with Crippen LogP contribution in [-0.2, 0) is 13.1 Å². The first-order valence-corrected chi connectivity index (χ1v) is 11.3. The Morgan fingerprint density at radius 2 is 1.72 bits per heavy atom. The Morgan fingerprint density at radius 3 is 2.44 bits per heavy atom. The van der Waals surface area contributed by atoms with Gasteiger partial charge in [-0.1, -0.05) is 24.3 Å². The summed E-state index contributed by atoms with van der Waals surface area (Å²) in [7, 11) is 0. The van der Waals surface area contributed by atoms with Crippen LogP contribution in [0.15, 0.2) is 67.1 Å². The lowest BCUT2D eigenvalue weighted by Crippen LogP contribution is -2.33. The number of carbonyl (C=O) groups excluding carboxylic acids is 2. The number of nitrogens with zero attached hydrogens (tertiary/aromatic N) is 5. The van der Waals surface area contributed by atoms with Crippen LogP contribution in [0.4, 0.5) is 4.39 Å². The van der Waals surface area contributed by atoms with E-state index in [0.717, 1.165) is 5.56 Å². The van der Waals surface area contributed by atoms with E-state index in [1.807, 2.05) is 6.07 Å². The second kappa shape index (κ2) is 8.51. The van der Waals surface area contributed by atoms with Gasteiger partial charge in [0.15, 0.2) is 5.65 Å². The largest absolute Gasteiger partial charge is 0.326 e. The third-order valence-corrected chi connectivity index (χ3v) is 6.31. The summed E-state index contributed by atoms with van der Waals surface area (Å²) >= 11 is 0. The molecule has 9 nitrogen and oxygen atoms in total. The summed E-state index contributed by atoms with van der Waals surface area (Å²) in [6, 6.07) is 13.5. The smallest absolute Gasteiger partial charge is 0.261 e. The number of nitrogens with one attached hydrogen (secondary N) is 1. The zero-order chi connectivity index (χ0) is 24.8. The summed E-state index contributed by atoms with van der Waals surface area (Å²) in [5.41, 5.74) is 10.2. The number of H-pyrrole nitrogens is 1. The quantitative estimate of drug-likeness (QED) is 0.359. The van der Waals surface area contributed by atoms with Gasteiger partial charge in [0, 0.05) is 36.6 Å². The van der Waals surface area contributed by atoms with E-state index in [1.54, 1.807) is 59.7 Å². The topological polar surface area (TPSA) is 123 Å². The zero-order valence-electron chi connectivity index (χ0n) is 19.0. The average molecular weight is 481 g/mol. The van der Waals surface area contributed by atoms with Gasteiger partial charge >= 0.3 is 0 Å². The van der Waals surface area contributed by atoms with E-state index >= 15 is 0 Å². The Kier molecular flexibility index (Phi) is 5.15. The Morgan fingerprint density at radius 1 is 0.944 bits per heavy atom. The highest BCUT2D eigenvalue weighted by atomic mass is 19.1. The fraction of sp³-hybridized carbons (Fsp3) is 0.115. The third kappa shape index (κ3) is 3.55. The molecule has 4 heterocycles. The Hall–Kier alpha value is -4.70. The van der Waals surface area contributed by atoms with Crippen LogP contribution in [0.5, 0.6) is 0 Å². The highest BCUT2D eigenvalue weighted by Crippen LogP contribution is 2.29. The van der Waals surface area contributed by atoms with E-state index in [-0.39, 0.29) is 30.7 Å². The number of carbonyl (C=O) groups is 2. The number of hydrogen-bond donors (Lipinski definition) is 2. The molecule has 0 saturated heterocycles. The Bertz CT molecular complexity index is 1620. The first-order valence-electron chi connectivity index (χ1n) is 11.3. The van der Waals surface area contributed by atoms with Crippen molar-refractivity contribution in [2.75, 3.05) is 6.54 Å². The van der Waals surface area contributed by atoms with Crippen LogP contribution in [-0.4, -0.2) is 48.0 Å². The molecule has 0 unspecified atom stereocenters. The summed E-state index contributed by atoms with van der Waals surface area (Å²) in [5.74, 6) is -0.407. The molecule has 5 aromatic rings. The maximum atomic E-state index is 14.3. The molecule has 3 aromatic heterocycles. The number of imidazole rings is 1. The minimum absolute atomic E-state index is 0.126. The zero-order valence-corrected chi connectivity index (χ0v) is 19.0. The molecule has 1 aliphatic heterocycles. The van der Waals surface area contributed by atoms with Gasteiger partial charge in [0.1, 0.15) is 17.2 Å². The van der Waals surface area contributed by atoms with Crippen LogP contribution in [0.25, 0.3) is 33.7 Å². The van der Waals surface area contributed by atoms with E-state index in [9.17, 15) is 14.0 Å². The number of hydrogen-bond acceptors (Lipinski definition) is 6. The van der Waals surface area contributed by atoms with E-state index in [0.29, 0.717) is 51.4 Å². The number of imide groups is 1. The summed E-state index contributed by atoms with van der Waals surface area (Å²) in [5, 5.41) is 4.36. The van der Waals surface area contributed by atoms with E-state index in [1.165, 1.54) is 11.0 Å². The van der Waals surface area contributed by atoms with Gasteiger partial charge in [0.05, 0.1) is 29.4 Å². The monoisotopic (exact) mass is 481 g/mol. The molecule has 0 atom stereocenters. The molecule has 0 aliphatic carbocycles. The minimum Gasteiger partial charge on any atom is -0.326 e. The predicted octanol–water partition coefficient (Wildman–Crippen LogP) is 3.38. The molecule has 0 fully saturated rings. The predicted molar refractivity (Wildman–Crippen MR) is 130 cm³/mol. The number of fused-ring (bicyclic) bond motifs is 2. The van der Waals surface area contributed by atoms with Crippen LogP contribution in [0, 0.1) is 5.82 Å². The van der Waals surface area contributed by atoms with Crippen molar-refractivity contribution >= 4 is 23.0 Å². The van der Waals surface area contributed by atoms with Crippen molar-refractivity contribution in [3.8, 4) is 22.5 Å². The van der Waals surface area contributed by atoms with Gasteiger partial charge < -0.3 is 10.7 Å². The number of benzene rings is 2. The highest BCUT2D eigenvalue weighted by molar-refractivity contribution is 6.21. The van der Waals surface area contributed by atoms with E-state index in [2.05, 4.69) is 15.1 Å². The SMILES string of the molecule is NCc1ccc(-c2ccnc3[nH]c(-c4cnn(CCN5C(=O)c6ccccc6C5=O)c4)nc23)cc1F. The van der Waals surface area contributed by atoms with Crippen LogP contribution in [0.2, 0.25) is 0 Å². The van der Waals surface area contributed by atoms with Gasteiger partial charge in [0.25, 0.3) is 11.8 Å². The standard InChI is InChI=1S/C26H20FN7O2/c27-21-11-15(5-6-16(21)12-28)18-7-8-29-24-22(18)31-23(32-24)17-13-30-33(14-17)9-10-34-25(35)19-3-1-2-4-20(19)26(34)36/h1-8,11,13-14H,9-10,12,28H2,(H,29,31,32). The highest BCUT2D eigenvalue weighted by Gasteiger charge is 2.34. The number of halogens is 1. The normalized spacial score (nSPS) is 13.1. The van der Waals surface area contributed by atoms with E-state index in [4.69, 9.17) is 10.7 Å². The lowest BCUT2D eigenvalue weighted by atomic mass is 10.0. The fourth-order valence-electron chi connectivity index (χ4n) is 4.41. The van der Waals surface area contributed by atoms with Crippen molar-refractivity contribution in [1.29, 1.82) is 0 Å². The number of nitrogens with two attached hydrogens (primary N) is 1. The second-order valence-corrected chi connectivity index (χ2v) is 8.45. The minimum atomic E-state index is -0.366. The molecule has 1 aliphatic rings. The lowest BCUT2D eigenvalue weighted by molar-refractivity contribution is 0.0647. The summed E-state index contributed by atoms with van der Waals surface area (Å²) < 4.78 is 16.0. The molecule has 0 bridgehead atoms. The van der Waals surface area contributed by atoms with Gasteiger partial charge in [-0.2, -0.15) is 5.10 Å². The van der Waals surface area contributed by atoms with Gasteiger partial charge in [-0.3, -0.25) is 19.2 Å². The van der Waals surface area contributed by atoms with Crippen molar-refractivity contribution in [2.24, 2.45) is 5.73 Å². The average Bonchev–Trinajstić information content (AvgIpc) is 3.60. The molecule has 36 heavy (non-hydrogen) atoms. The summed E-state index contributed by atoms with van der Waals surface area (Å²) in [6.07, 6.45) is 5.07. The van der Waals surface area contributed by atoms with Crippen LogP contribution in [0.1, 0.15) is 26.3 Å². The fourth-order valence-corrected chi connectivity index (χ4v) is 4.41. The molecule has 2 amide bonds. The number of rotatable bonds is 6. The Balaban J connectivity index is 1.24. The molecule has 0 saturated carbocycles. The van der Waals surface area contributed by atoms with Crippen molar-refractivity contribution in [2.45, 2.75) is 13.1 Å². The first kappa shape index (κ1) is 21.8. The first-order chi connectivity index (χ1) is 17.5. The third-order valence-electron chi connectivity index (χ3n) is 6.31. The molecular weight excluding hydrogens is 461 g/mol. The Labute approximate surface area is 204 Å². The lowest BCUT2D eigenvalue weighted by Gasteiger charge is -2.13. The van der Waals surface area contributed by atoms with Gasteiger partial charge in [-0.05, 0) is 29.8 Å². The van der Waals surface area contributed by atoms with Gasteiger partial charge in [-0.25, -0.2) is 14.4 Å². The maximum Gasteiger partial charge on any atom is 0.261 e. The second-order valence-electron chi connectivity index (χ2n) is 8.45. The molecule has 0 radical (unpaired) electrons. The van der Waals surface area contributed by atoms with Crippen LogP contribution >= 0.6 is 0 Å². The van der Waals surface area contributed by atoms with Crippen molar-refractivity contribution in [3.05, 3.63) is 89.6 Å². The van der Waals surface area contributed by atoms with Crippen molar-refractivity contribution in [1.82, 2.24) is 29.6 Å². The van der Waals surface area contributed by atoms with Crippen molar-refractivity contribution in [3.63, 3.8) is 0 Å². The molecule has 10 heteroatoms. The molecule has 6 rings (SSSR count). The van der Waals surface area contributed by atoms with Gasteiger partial charge in [0.2, 0.25) is 0 Å². The molecule has 3 N–H and O–H groups in total. The number of pyridine rings is 1. The number of aromatic amines is 1. The van der Waals surface area contributed by atoms with Crippen LogP contribution in [0.3, 0.4) is 0 Å². The molecular formula is C26H20FN7O2. The van der Waals surface area contributed by atoms with Crippen LogP contribution < -0.4 is 5.73 Å². The van der Waals surface area contributed by atoms with Crippen molar-refractivity contribution < 1.29 is 14.0 Å². The van der Waals surface area contributed by atoms with Gasteiger partial charge in [-0.15, -0.1) is 0 Å². The maximum absolute atomic E-state index is 14.3. The molecule has 2 aromatic carbocycles. The summed E-state index contributed by atoms with van der Waals surface area (Å²) in [4.78, 5) is 38.6. The molecule has 0 spiro atoms. The van der Waals surface area contributed by atoms with E-state index < -0.39 is 0 Å².